The largest absolute Gasteiger partial charge is 0.768 e. The van der Waals surface area contributed by atoms with Crippen molar-refractivity contribution in [2.75, 3.05) is 13.2 Å². The van der Waals surface area contributed by atoms with Gasteiger partial charge in [0.2, 0.25) is 0 Å². The number of carbonyl (C=O) groups excluding carboxylic acids is 1. The number of allylic oxidation sites excluding steroid dienone is 1. The van der Waals surface area contributed by atoms with Gasteiger partial charge < -0.3 is 14.0 Å². The van der Waals surface area contributed by atoms with Crippen LogP contribution in [0.1, 0.15) is 18.1 Å². The molecule has 1 aromatic carbocycles. The maximum atomic E-state index is 11.1. The summed E-state index contributed by atoms with van der Waals surface area (Å²) in [5.74, 6) is 0.197. The molecule has 0 aromatic heterocycles. The molecule has 20 heavy (non-hydrogen) atoms. The number of esters is 1. The molecule has 1 unspecified atom stereocenters. The molecular formula is C14H17O5S-. The summed E-state index contributed by atoms with van der Waals surface area (Å²) >= 11 is -2.26. The Hall–Kier alpha value is -1.66. The van der Waals surface area contributed by atoms with E-state index in [0.29, 0.717) is 5.75 Å². The molecule has 0 aliphatic carbocycles. The summed E-state index contributed by atoms with van der Waals surface area (Å²) in [6, 6.07) is 3.08. The van der Waals surface area contributed by atoms with Gasteiger partial charge in [-0.2, -0.15) is 0 Å². The van der Waals surface area contributed by atoms with E-state index in [1.165, 1.54) is 18.2 Å². The van der Waals surface area contributed by atoms with E-state index in [-0.39, 0.29) is 18.1 Å². The lowest BCUT2D eigenvalue weighted by Gasteiger charge is -2.15. The highest BCUT2D eigenvalue weighted by molar-refractivity contribution is 7.79. The molecule has 1 rings (SSSR count). The average molecular weight is 297 g/mol. The van der Waals surface area contributed by atoms with Crippen molar-refractivity contribution in [2.45, 2.75) is 25.7 Å². The summed E-state index contributed by atoms with van der Waals surface area (Å²) in [6.07, 6.45) is 2.92. The lowest BCUT2D eigenvalue weighted by atomic mass is 10.1. The van der Waals surface area contributed by atoms with Crippen molar-refractivity contribution in [3.63, 3.8) is 0 Å². The third-order valence-electron chi connectivity index (χ3n) is 2.50. The molecular weight excluding hydrogens is 280 g/mol. The monoisotopic (exact) mass is 297 g/mol. The van der Waals surface area contributed by atoms with Gasteiger partial charge in [-0.25, -0.2) is 4.79 Å². The maximum Gasteiger partial charge on any atom is 0.330 e. The van der Waals surface area contributed by atoms with Gasteiger partial charge in [0, 0.05) is 11.0 Å². The van der Waals surface area contributed by atoms with Gasteiger partial charge in [-0.15, -0.1) is 0 Å². The standard InChI is InChI=1S/C14H18O5S/c1-4-5-13(15)18-6-7-19-14-10(2)8-12(20(16)17)9-11(14)3/h4-5,8-9H,6-7H2,1-3H3,(H,16,17)/p-1. The van der Waals surface area contributed by atoms with E-state index in [4.69, 9.17) is 9.47 Å². The maximum absolute atomic E-state index is 11.1. The van der Waals surface area contributed by atoms with Crippen molar-refractivity contribution in [3.8, 4) is 5.75 Å². The van der Waals surface area contributed by atoms with Crippen LogP contribution in [-0.2, 0) is 20.6 Å². The van der Waals surface area contributed by atoms with Gasteiger partial charge in [-0.3, -0.25) is 4.21 Å². The van der Waals surface area contributed by atoms with Crippen molar-refractivity contribution in [1.29, 1.82) is 0 Å². The van der Waals surface area contributed by atoms with Gasteiger partial charge >= 0.3 is 5.97 Å². The summed E-state index contributed by atoms with van der Waals surface area (Å²) in [6.45, 7) is 5.61. The van der Waals surface area contributed by atoms with Crippen LogP contribution >= 0.6 is 0 Å². The van der Waals surface area contributed by atoms with Gasteiger partial charge in [0.25, 0.3) is 0 Å². The second-order valence-corrected chi connectivity index (χ2v) is 5.08. The number of ether oxygens (including phenoxy) is 2. The summed E-state index contributed by atoms with van der Waals surface area (Å²) in [4.78, 5) is 11.3. The predicted molar refractivity (Wildman–Crippen MR) is 74.4 cm³/mol. The zero-order chi connectivity index (χ0) is 15.1. The molecule has 0 spiro atoms. The molecule has 0 aliphatic heterocycles. The first kappa shape index (κ1) is 16.4. The van der Waals surface area contributed by atoms with E-state index in [2.05, 4.69) is 0 Å². The van der Waals surface area contributed by atoms with E-state index < -0.39 is 17.0 Å². The lowest BCUT2D eigenvalue weighted by Crippen LogP contribution is -2.11. The topological polar surface area (TPSA) is 75.7 Å². The summed E-state index contributed by atoms with van der Waals surface area (Å²) in [7, 11) is 0. The average Bonchev–Trinajstić information content (AvgIpc) is 2.36. The number of hydrogen-bond acceptors (Lipinski definition) is 5. The van der Waals surface area contributed by atoms with Gasteiger partial charge in [0.15, 0.2) is 0 Å². The van der Waals surface area contributed by atoms with Crippen LogP contribution in [0, 0.1) is 13.8 Å². The Bertz CT molecular complexity index is 513. The molecule has 6 heteroatoms. The smallest absolute Gasteiger partial charge is 0.330 e. The van der Waals surface area contributed by atoms with Crippen LogP contribution in [0.5, 0.6) is 5.75 Å². The molecule has 110 valence electrons. The highest BCUT2D eigenvalue weighted by Crippen LogP contribution is 2.25. The Kier molecular flexibility index (Phi) is 6.41. The Morgan fingerprint density at radius 2 is 1.90 bits per heavy atom. The minimum Gasteiger partial charge on any atom is -0.768 e. The highest BCUT2D eigenvalue weighted by atomic mass is 32.2. The molecule has 0 radical (unpaired) electrons. The first-order valence-electron chi connectivity index (χ1n) is 6.08. The van der Waals surface area contributed by atoms with Crippen molar-refractivity contribution < 1.29 is 23.0 Å². The molecule has 1 aromatic rings. The number of rotatable bonds is 6. The summed E-state index contributed by atoms with van der Waals surface area (Å²) in [5, 5.41) is 0. The number of aryl methyl sites for hydroxylation is 2. The first-order chi connectivity index (χ1) is 9.45. The van der Waals surface area contributed by atoms with Crippen LogP contribution in [-0.4, -0.2) is 27.9 Å². The van der Waals surface area contributed by atoms with Crippen LogP contribution in [0.25, 0.3) is 0 Å². The Morgan fingerprint density at radius 3 is 2.40 bits per heavy atom. The van der Waals surface area contributed by atoms with E-state index >= 15 is 0 Å². The van der Waals surface area contributed by atoms with Gasteiger partial charge in [-0.05, 0) is 55.1 Å². The minimum atomic E-state index is -2.26. The summed E-state index contributed by atoms with van der Waals surface area (Å²) in [5.41, 5.74) is 1.45. The van der Waals surface area contributed by atoms with E-state index in [1.807, 2.05) is 0 Å². The van der Waals surface area contributed by atoms with Gasteiger partial charge in [0.1, 0.15) is 19.0 Å². The second-order valence-electron chi connectivity index (χ2n) is 4.14. The Labute approximate surface area is 120 Å². The summed E-state index contributed by atoms with van der Waals surface area (Å²) < 4.78 is 32.2. The molecule has 0 heterocycles. The zero-order valence-corrected chi connectivity index (χ0v) is 12.5. The molecule has 0 saturated carbocycles. The van der Waals surface area contributed by atoms with Crippen molar-refractivity contribution in [2.24, 2.45) is 0 Å². The normalized spacial score (nSPS) is 12.4. The SMILES string of the molecule is CC=CC(=O)OCCOc1c(C)cc(S(=O)[O-])cc1C. The van der Waals surface area contributed by atoms with Crippen LogP contribution < -0.4 is 4.74 Å². The molecule has 0 aliphatic rings. The van der Waals surface area contributed by atoms with Crippen LogP contribution in [0.4, 0.5) is 0 Å². The van der Waals surface area contributed by atoms with Gasteiger partial charge in [-0.1, -0.05) is 6.08 Å². The molecule has 0 amide bonds. The highest BCUT2D eigenvalue weighted by Gasteiger charge is 2.07. The number of hydrogen-bond donors (Lipinski definition) is 0. The Morgan fingerprint density at radius 1 is 1.30 bits per heavy atom. The van der Waals surface area contributed by atoms with Crippen molar-refractivity contribution >= 4 is 17.0 Å². The Balaban J connectivity index is 2.61. The third-order valence-corrected chi connectivity index (χ3v) is 3.12. The number of carbonyl (C=O) groups is 1. The van der Waals surface area contributed by atoms with E-state index in [9.17, 15) is 13.6 Å². The zero-order valence-electron chi connectivity index (χ0n) is 11.7. The third kappa shape index (κ3) is 4.79. The molecule has 0 fully saturated rings. The fraction of sp³-hybridized carbons (Fsp3) is 0.357. The van der Waals surface area contributed by atoms with E-state index in [1.54, 1.807) is 26.8 Å². The molecule has 1 atom stereocenters. The van der Waals surface area contributed by atoms with Crippen LogP contribution in [0.3, 0.4) is 0 Å². The molecule has 5 nitrogen and oxygen atoms in total. The van der Waals surface area contributed by atoms with Crippen LogP contribution in [0.15, 0.2) is 29.2 Å². The molecule has 0 bridgehead atoms. The fourth-order valence-electron chi connectivity index (χ4n) is 1.70. The first-order valence-corrected chi connectivity index (χ1v) is 7.16. The second kappa shape index (κ2) is 7.81. The number of benzene rings is 1. The predicted octanol–water partition coefficient (Wildman–Crippen LogP) is 2.04. The van der Waals surface area contributed by atoms with Crippen LogP contribution in [0.2, 0.25) is 0 Å². The molecule has 0 saturated heterocycles. The van der Waals surface area contributed by atoms with Crippen molar-refractivity contribution in [1.82, 2.24) is 0 Å². The quantitative estimate of drug-likeness (QED) is 0.347. The fourth-order valence-corrected chi connectivity index (χ4v) is 2.25. The van der Waals surface area contributed by atoms with Gasteiger partial charge in [0.05, 0.1) is 0 Å². The molecule has 0 N–H and O–H groups in total. The lowest BCUT2D eigenvalue weighted by molar-refractivity contribution is -0.138. The van der Waals surface area contributed by atoms with E-state index in [0.717, 1.165) is 11.1 Å². The minimum absolute atomic E-state index is 0.136. The van der Waals surface area contributed by atoms with Crippen molar-refractivity contribution in [3.05, 3.63) is 35.4 Å².